The number of likely N-dealkylation sites (N-methyl/N-ethyl adjacent to an activating group) is 1. The lowest BCUT2D eigenvalue weighted by molar-refractivity contribution is -0.122. The van der Waals surface area contributed by atoms with Gasteiger partial charge < -0.3 is 10.6 Å². The maximum Gasteiger partial charge on any atom is 0.236 e. The van der Waals surface area contributed by atoms with Gasteiger partial charge in [-0.25, -0.2) is 0 Å². The molecule has 0 saturated carbocycles. The van der Waals surface area contributed by atoms with Crippen LogP contribution in [0.3, 0.4) is 0 Å². The normalized spacial score (nSPS) is 29.3. The monoisotopic (exact) mass is 212 g/mol. The number of rotatable bonds is 1. The second kappa shape index (κ2) is 4.12. The number of carbonyl (C=O) groups excluding carboxylic acids is 1. The van der Waals surface area contributed by atoms with Gasteiger partial charge in [0.05, 0.1) is 6.04 Å². The van der Waals surface area contributed by atoms with Gasteiger partial charge >= 0.3 is 0 Å². The maximum absolute atomic E-state index is 11.6. The molecule has 0 aliphatic carbocycles. The molecule has 0 aromatic heterocycles. The van der Waals surface area contributed by atoms with Crippen molar-refractivity contribution in [1.29, 1.82) is 0 Å². The van der Waals surface area contributed by atoms with Crippen molar-refractivity contribution in [2.24, 2.45) is 10.8 Å². The minimum Gasteiger partial charge on any atom is -0.358 e. The Kier molecular flexibility index (Phi) is 3.44. The first kappa shape index (κ1) is 12.5. The van der Waals surface area contributed by atoms with E-state index in [1.165, 1.54) is 0 Å². The average molecular weight is 212 g/mol. The molecule has 2 N–H and O–H groups in total. The van der Waals surface area contributed by atoms with Gasteiger partial charge in [-0.2, -0.15) is 0 Å². The third-order valence-electron chi connectivity index (χ3n) is 4.24. The standard InChI is InChI=1S/C12H24N2O/c1-11(2)7-6-9(10(15)13-5)14-8-12(11,3)4/h9,14H,6-8H2,1-5H3,(H,13,15). The van der Waals surface area contributed by atoms with E-state index in [4.69, 9.17) is 0 Å². The van der Waals surface area contributed by atoms with E-state index < -0.39 is 0 Å². The van der Waals surface area contributed by atoms with Crippen LogP contribution in [0.2, 0.25) is 0 Å². The van der Waals surface area contributed by atoms with Crippen LogP contribution in [0.4, 0.5) is 0 Å². The van der Waals surface area contributed by atoms with Gasteiger partial charge in [0, 0.05) is 13.6 Å². The van der Waals surface area contributed by atoms with Gasteiger partial charge in [0.25, 0.3) is 0 Å². The summed E-state index contributed by atoms with van der Waals surface area (Å²) in [7, 11) is 1.70. The first-order chi connectivity index (χ1) is 6.80. The molecule has 3 nitrogen and oxygen atoms in total. The van der Waals surface area contributed by atoms with Gasteiger partial charge in [-0.15, -0.1) is 0 Å². The molecule has 1 amide bonds. The van der Waals surface area contributed by atoms with E-state index >= 15 is 0 Å². The van der Waals surface area contributed by atoms with Crippen molar-refractivity contribution in [2.45, 2.75) is 46.6 Å². The third-order valence-corrected chi connectivity index (χ3v) is 4.24. The van der Waals surface area contributed by atoms with Crippen molar-refractivity contribution in [3.05, 3.63) is 0 Å². The summed E-state index contributed by atoms with van der Waals surface area (Å²) in [6, 6.07) is -0.0175. The lowest BCUT2D eigenvalue weighted by Gasteiger charge is -2.40. The molecule has 1 unspecified atom stereocenters. The molecule has 15 heavy (non-hydrogen) atoms. The largest absolute Gasteiger partial charge is 0.358 e. The molecule has 88 valence electrons. The van der Waals surface area contributed by atoms with Crippen LogP contribution in [0.1, 0.15) is 40.5 Å². The van der Waals surface area contributed by atoms with Gasteiger partial charge in [-0.05, 0) is 23.7 Å². The zero-order chi connectivity index (χ0) is 11.7. The first-order valence-electron chi connectivity index (χ1n) is 5.75. The fraction of sp³-hybridized carbons (Fsp3) is 0.917. The summed E-state index contributed by atoms with van der Waals surface area (Å²) in [4.78, 5) is 11.6. The van der Waals surface area contributed by atoms with Crippen molar-refractivity contribution in [3.8, 4) is 0 Å². The highest BCUT2D eigenvalue weighted by molar-refractivity contribution is 5.81. The number of carbonyl (C=O) groups is 1. The molecule has 1 heterocycles. The Morgan fingerprint density at radius 3 is 2.40 bits per heavy atom. The second-order valence-corrected chi connectivity index (χ2v) is 5.85. The molecular weight excluding hydrogens is 188 g/mol. The molecule has 1 aliphatic heterocycles. The summed E-state index contributed by atoms with van der Waals surface area (Å²) in [5.41, 5.74) is 0.512. The third kappa shape index (κ3) is 2.51. The van der Waals surface area contributed by atoms with E-state index in [0.29, 0.717) is 0 Å². The molecule has 1 fully saturated rings. The van der Waals surface area contributed by atoms with Gasteiger partial charge in [-0.3, -0.25) is 4.79 Å². The van der Waals surface area contributed by atoms with Crippen LogP contribution in [-0.4, -0.2) is 25.5 Å². The van der Waals surface area contributed by atoms with E-state index in [9.17, 15) is 4.79 Å². The fourth-order valence-electron chi connectivity index (χ4n) is 1.96. The Hall–Kier alpha value is -0.570. The summed E-state index contributed by atoms with van der Waals surface area (Å²) < 4.78 is 0. The minimum absolute atomic E-state index is 0.0175. The Balaban J connectivity index is 2.74. The van der Waals surface area contributed by atoms with E-state index in [1.54, 1.807) is 7.05 Å². The smallest absolute Gasteiger partial charge is 0.236 e. The first-order valence-corrected chi connectivity index (χ1v) is 5.75. The molecule has 1 rings (SSSR count). The van der Waals surface area contributed by atoms with Gasteiger partial charge in [-0.1, -0.05) is 27.7 Å². The molecule has 0 aromatic carbocycles. The maximum atomic E-state index is 11.6. The Morgan fingerprint density at radius 1 is 1.27 bits per heavy atom. The van der Waals surface area contributed by atoms with Gasteiger partial charge in [0.1, 0.15) is 0 Å². The molecule has 1 aliphatic rings. The van der Waals surface area contributed by atoms with Crippen molar-refractivity contribution < 1.29 is 4.79 Å². The lowest BCUT2D eigenvalue weighted by Crippen LogP contribution is -2.45. The van der Waals surface area contributed by atoms with Crippen LogP contribution in [0.25, 0.3) is 0 Å². The Labute approximate surface area is 93.0 Å². The molecular formula is C12H24N2O. The molecule has 0 bridgehead atoms. The van der Waals surface area contributed by atoms with Crippen LogP contribution in [-0.2, 0) is 4.79 Å². The molecule has 0 radical (unpaired) electrons. The topological polar surface area (TPSA) is 41.1 Å². The highest BCUT2D eigenvalue weighted by atomic mass is 16.2. The Bertz CT molecular complexity index is 228. The predicted molar refractivity (Wildman–Crippen MR) is 62.7 cm³/mol. The molecule has 3 heteroatoms. The number of amides is 1. The molecule has 1 saturated heterocycles. The van der Waals surface area contributed by atoms with Crippen LogP contribution in [0.15, 0.2) is 0 Å². The number of hydrogen-bond donors (Lipinski definition) is 2. The van der Waals surface area contributed by atoms with Crippen molar-refractivity contribution in [1.82, 2.24) is 10.6 Å². The number of hydrogen-bond acceptors (Lipinski definition) is 2. The van der Waals surface area contributed by atoms with Crippen molar-refractivity contribution in [2.75, 3.05) is 13.6 Å². The Morgan fingerprint density at radius 2 is 1.87 bits per heavy atom. The summed E-state index contributed by atoms with van der Waals surface area (Å²) >= 11 is 0. The van der Waals surface area contributed by atoms with E-state index in [1.807, 2.05) is 0 Å². The van der Waals surface area contributed by atoms with Crippen LogP contribution in [0, 0.1) is 10.8 Å². The fourth-order valence-corrected chi connectivity index (χ4v) is 1.96. The zero-order valence-corrected chi connectivity index (χ0v) is 10.6. The highest BCUT2D eigenvalue weighted by Gasteiger charge is 2.40. The van der Waals surface area contributed by atoms with Gasteiger partial charge in [0.2, 0.25) is 5.91 Å². The van der Waals surface area contributed by atoms with Crippen molar-refractivity contribution in [3.63, 3.8) is 0 Å². The van der Waals surface area contributed by atoms with E-state index in [0.717, 1.165) is 19.4 Å². The highest BCUT2D eigenvalue weighted by Crippen LogP contribution is 2.43. The minimum atomic E-state index is -0.0175. The van der Waals surface area contributed by atoms with Crippen LogP contribution >= 0.6 is 0 Å². The van der Waals surface area contributed by atoms with E-state index in [2.05, 4.69) is 38.3 Å². The lowest BCUT2D eigenvalue weighted by atomic mass is 9.66. The van der Waals surface area contributed by atoms with Crippen LogP contribution < -0.4 is 10.6 Å². The SMILES string of the molecule is CNC(=O)C1CCC(C)(C)C(C)(C)CN1. The summed E-state index contributed by atoms with van der Waals surface area (Å²) in [6.07, 6.45) is 2.02. The second-order valence-electron chi connectivity index (χ2n) is 5.85. The van der Waals surface area contributed by atoms with E-state index in [-0.39, 0.29) is 22.8 Å². The van der Waals surface area contributed by atoms with Crippen molar-refractivity contribution >= 4 is 5.91 Å². The number of nitrogens with one attached hydrogen (secondary N) is 2. The average Bonchev–Trinajstić information content (AvgIpc) is 2.25. The molecule has 0 spiro atoms. The zero-order valence-electron chi connectivity index (χ0n) is 10.6. The summed E-state index contributed by atoms with van der Waals surface area (Å²) in [6.45, 7) is 10.0. The predicted octanol–water partition coefficient (Wildman–Crippen LogP) is 1.54. The van der Waals surface area contributed by atoms with Crippen LogP contribution in [0.5, 0.6) is 0 Å². The molecule has 1 atom stereocenters. The summed E-state index contributed by atoms with van der Waals surface area (Å²) in [5.74, 6) is 0.114. The summed E-state index contributed by atoms with van der Waals surface area (Å²) in [5, 5.41) is 6.08. The van der Waals surface area contributed by atoms with Gasteiger partial charge in [0.15, 0.2) is 0 Å². The molecule has 0 aromatic rings. The quantitative estimate of drug-likeness (QED) is 0.692.